The van der Waals surface area contributed by atoms with E-state index < -0.39 is 24.5 Å². The zero-order chi connectivity index (χ0) is 42.5. The Morgan fingerprint density at radius 3 is 2.30 bits per heavy atom. The fourth-order valence-electron chi connectivity index (χ4n) is 9.49. The molecule has 2 fully saturated rings. The van der Waals surface area contributed by atoms with E-state index in [4.69, 9.17) is 14.4 Å². The number of halogens is 1. The standard InChI is InChI=1S/C45H46FN8O6P/c1-26-22-33(23-27(2)39(26)46)54-40(52-19-18-51(44(52)57)32-7-9-34(10-8-32)61(4,5)58)38-28(3)50(17-12-35(38)48-54)41(55)37-25-31-24-30(29-13-20-59-21-14-29)6-11-36(31)53(37)45(15-16-45)42-47-43(56)60-49-42/h6-11,18-19,22-25,28-29H,12-17,20-21H2,1-5H3,(H,47,49,56). The van der Waals surface area contributed by atoms with Gasteiger partial charge in [0.25, 0.3) is 5.91 Å². The van der Waals surface area contributed by atoms with Crippen LogP contribution in [0.15, 0.2) is 87.2 Å². The predicted octanol–water partition coefficient (Wildman–Crippen LogP) is 6.64. The molecule has 1 atom stereocenters. The van der Waals surface area contributed by atoms with E-state index in [1.165, 1.54) is 14.7 Å². The molecule has 0 spiro atoms. The van der Waals surface area contributed by atoms with Crippen LogP contribution in [0.2, 0.25) is 0 Å². The number of rotatable bonds is 8. The van der Waals surface area contributed by atoms with Gasteiger partial charge in [-0.15, -0.1) is 0 Å². The van der Waals surface area contributed by atoms with Crippen molar-refractivity contribution in [1.82, 2.24) is 38.5 Å². The lowest BCUT2D eigenvalue weighted by atomic mass is 9.91. The van der Waals surface area contributed by atoms with Gasteiger partial charge in [0.1, 0.15) is 30.0 Å². The first-order valence-electron chi connectivity index (χ1n) is 20.7. The number of fused-ring (bicyclic) bond motifs is 2. The molecular weight excluding hydrogens is 799 g/mol. The van der Waals surface area contributed by atoms with Gasteiger partial charge in [-0.25, -0.2) is 18.7 Å². The Morgan fingerprint density at radius 1 is 0.934 bits per heavy atom. The Bertz CT molecular complexity index is 3040. The Hall–Kier alpha value is -6.05. The molecule has 14 nitrogen and oxygen atoms in total. The van der Waals surface area contributed by atoms with E-state index in [0.29, 0.717) is 95.6 Å². The van der Waals surface area contributed by atoms with Gasteiger partial charge in [0.2, 0.25) is 0 Å². The topological polar surface area (TPSA) is 155 Å². The van der Waals surface area contributed by atoms with Gasteiger partial charge in [0, 0.05) is 60.3 Å². The minimum Gasteiger partial charge on any atom is -0.381 e. The lowest BCUT2D eigenvalue weighted by Crippen LogP contribution is -2.41. The van der Waals surface area contributed by atoms with Crippen LogP contribution in [0.1, 0.15) is 88.8 Å². The van der Waals surface area contributed by atoms with Gasteiger partial charge in [-0.1, -0.05) is 11.2 Å². The van der Waals surface area contributed by atoms with E-state index in [1.807, 2.05) is 22.5 Å². The van der Waals surface area contributed by atoms with Crippen molar-refractivity contribution in [3.63, 3.8) is 0 Å². The molecule has 0 radical (unpaired) electrons. The van der Waals surface area contributed by atoms with E-state index in [0.717, 1.165) is 29.4 Å². The molecule has 10 rings (SSSR count). The number of H-pyrrole nitrogens is 1. The third-order valence-electron chi connectivity index (χ3n) is 12.9. The van der Waals surface area contributed by atoms with Gasteiger partial charge in [0.05, 0.1) is 23.1 Å². The van der Waals surface area contributed by atoms with E-state index >= 15 is 9.18 Å². The van der Waals surface area contributed by atoms with Gasteiger partial charge in [-0.05, 0) is 137 Å². The monoisotopic (exact) mass is 844 g/mol. The highest BCUT2D eigenvalue weighted by molar-refractivity contribution is 7.70. The zero-order valence-corrected chi connectivity index (χ0v) is 35.5. The molecule has 1 aliphatic carbocycles. The molecule has 7 aromatic rings. The summed E-state index contributed by atoms with van der Waals surface area (Å²) in [6.07, 6.45) is 6.87. The number of aryl methyl sites for hydroxylation is 2. The van der Waals surface area contributed by atoms with Crippen molar-refractivity contribution in [2.75, 3.05) is 33.1 Å². The molecule has 1 saturated heterocycles. The van der Waals surface area contributed by atoms with Crippen molar-refractivity contribution >= 4 is 29.3 Å². The van der Waals surface area contributed by atoms with Crippen LogP contribution in [0.4, 0.5) is 4.39 Å². The number of ether oxygens (including phenoxy) is 1. The number of benzene rings is 3. The van der Waals surface area contributed by atoms with Gasteiger partial charge < -0.3 is 18.8 Å². The highest BCUT2D eigenvalue weighted by atomic mass is 31.2. The number of hydrogen-bond donors (Lipinski definition) is 1. The predicted molar refractivity (Wildman–Crippen MR) is 228 cm³/mol. The summed E-state index contributed by atoms with van der Waals surface area (Å²) in [7, 11) is -2.52. The summed E-state index contributed by atoms with van der Waals surface area (Å²) in [4.78, 5) is 46.7. The minimum absolute atomic E-state index is 0.222. The maximum absolute atomic E-state index is 15.3. The summed E-state index contributed by atoms with van der Waals surface area (Å²) in [6.45, 7) is 10.5. The number of carbonyl (C=O) groups excluding carboxylic acids is 1. The minimum atomic E-state index is -2.52. The smallest absolute Gasteiger partial charge is 0.381 e. The average Bonchev–Trinajstić information content (AvgIpc) is 3.54. The number of hydrogen-bond acceptors (Lipinski definition) is 8. The van der Waals surface area contributed by atoms with Gasteiger partial charge in [-0.3, -0.25) is 23.4 Å². The molecule has 314 valence electrons. The Balaban J connectivity index is 1.11. The Labute approximate surface area is 349 Å². The van der Waals surface area contributed by atoms with Crippen LogP contribution >= 0.6 is 7.14 Å². The van der Waals surface area contributed by atoms with Crippen LogP contribution in [0.3, 0.4) is 0 Å². The fourth-order valence-corrected chi connectivity index (χ4v) is 10.4. The van der Waals surface area contributed by atoms with E-state index in [2.05, 4.69) is 28.3 Å². The summed E-state index contributed by atoms with van der Waals surface area (Å²) < 4.78 is 45.2. The number of nitrogens with one attached hydrogen (secondary N) is 1. The molecule has 6 heterocycles. The highest BCUT2D eigenvalue weighted by Crippen LogP contribution is 2.51. The van der Waals surface area contributed by atoms with Crippen LogP contribution in [0.5, 0.6) is 0 Å². The van der Waals surface area contributed by atoms with Gasteiger partial charge >= 0.3 is 11.4 Å². The van der Waals surface area contributed by atoms with E-state index in [-0.39, 0.29) is 17.4 Å². The number of carbonyl (C=O) groups is 1. The van der Waals surface area contributed by atoms with Crippen LogP contribution < -0.4 is 16.8 Å². The largest absolute Gasteiger partial charge is 0.438 e. The van der Waals surface area contributed by atoms with Crippen LogP contribution in [0.25, 0.3) is 28.1 Å². The second kappa shape index (κ2) is 14.3. The number of imidazole rings is 1. The van der Waals surface area contributed by atoms with Gasteiger partial charge in [0.15, 0.2) is 5.82 Å². The molecule has 2 aliphatic heterocycles. The summed E-state index contributed by atoms with van der Waals surface area (Å²) in [5.74, 6) is -0.0403. The van der Waals surface area contributed by atoms with Crippen molar-refractivity contribution in [3.05, 3.63) is 139 Å². The van der Waals surface area contributed by atoms with Crippen LogP contribution in [0, 0.1) is 19.7 Å². The van der Waals surface area contributed by atoms with E-state index in [1.54, 1.807) is 80.7 Å². The number of nitrogens with zero attached hydrogens (tertiary/aromatic N) is 7. The molecule has 1 saturated carbocycles. The number of aromatic nitrogens is 7. The average molecular weight is 845 g/mol. The van der Waals surface area contributed by atoms with Crippen molar-refractivity contribution in [3.8, 4) is 17.2 Å². The summed E-state index contributed by atoms with van der Waals surface area (Å²) in [5.41, 5.74) is 4.78. The Morgan fingerprint density at radius 2 is 1.64 bits per heavy atom. The van der Waals surface area contributed by atoms with Crippen molar-refractivity contribution in [2.45, 2.75) is 70.4 Å². The molecule has 1 unspecified atom stereocenters. The van der Waals surface area contributed by atoms with Crippen molar-refractivity contribution in [2.24, 2.45) is 0 Å². The summed E-state index contributed by atoms with van der Waals surface area (Å²) in [6, 6.07) is 18.3. The van der Waals surface area contributed by atoms with Crippen molar-refractivity contribution in [1.29, 1.82) is 0 Å². The SMILES string of the molecule is Cc1cc(-n2nc3c(c2-n2ccn(-c4ccc(P(C)(C)=O)cc4)c2=O)C(C)N(C(=O)c2cc4cc(C5CCOCC5)ccc4n2C2(c4noc(=O)[nH]4)CC2)CC3)cc(C)c1F. The van der Waals surface area contributed by atoms with Crippen LogP contribution in [-0.4, -0.2) is 77.5 Å². The third-order valence-corrected chi connectivity index (χ3v) is 14.4. The zero-order valence-electron chi connectivity index (χ0n) is 34.6. The van der Waals surface area contributed by atoms with Crippen molar-refractivity contribution < 1.29 is 23.0 Å². The molecular formula is C45H46FN8O6P. The molecule has 3 aromatic carbocycles. The molecule has 16 heteroatoms. The normalized spacial score (nSPS) is 17.9. The Kier molecular flexibility index (Phi) is 9.15. The fraction of sp³-hybridized carbons (Fsp3) is 0.356. The number of amides is 1. The molecule has 3 aliphatic rings. The second-order valence-corrected chi connectivity index (χ2v) is 20.4. The molecule has 1 N–H and O–H groups in total. The first-order valence-corrected chi connectivity index (χ1v) is 23.3. The van der Waals surface area contributed by atoms with Crippen LogP contribution in [-0.2, 0) is 21.3 Å². The second-order valence-electron chi connectivity index (χ2n) is 17.1. The highest BCUT2D eigenvalue weighted by Gasteiger charge is 2.52. The first-order chi connectivity index (χ1) is 29.2. The first kappa shape index (κ1) is 39.1. The molecule has 4 aromatic heterocycles. The lowest BCUT2D eigenvalue weighted by molar-refractivity contribution is 0.0664. The molecule has 1 amide bonds. The third kappa shape index (κ3) is 6.39. The van der Waals surface area contributed by atoms with Gasteiger partial charge in [-0.2, -0.15) is 5.10 Å². The maximum Gasteiger partial charge on any atom is 0.438 e. The molecule has 0 bridgehead atoms. The lowest BCUT2D eigenvalue weighted by Gasteiger charge is -2.34. The quantitative estimate of drug-likeness (QED) is 0.167. The summed E-state index contributed by atoms with van der Waals surface area (Å²) >= 11 is 0. The summed E-state index contributed by atoms with van der Waals surface area (Å²) in [5, 5.41) is 10.8. The van der Waals surface area contributed by atoms with E-state index in [9.17, 15) is 14.2 Å². The maximum atomic E-state index is 15.3. The number of aromatic amines is 1. The molecule has 61 heavy (non-hydrogen) atoms.